The van der Waals surface area contributed by atoms with E-state index in [0.29, 0.717) is 22.4 Å². The fourth-order valence-corrected chi connectivity index (χ4v) is 3.85. The molecule has 1 aliphatic rings. The maximum absolute atomic E-state index is 12.6. The Morgan fingerprint density at radius 1 is 1.21 bits per heavy atom. The molecule has 1 N–H and O–H groups in total. The van der Waals surface area contributed by atoms with E-state index >= 15 is 0 Å². The number of sulfonamides is 1. The van der Waals surface area contributed by atoms with Crippen molar-refractivity contribution in [3.8, 4) is 0 Å². The van der Waals surface area contributed by atoms with Gasteiger partial charge in [0.2, 0.25) is 5.91 Å². The molecule has 0 fully saturated rings. The van der Waals surface area contributed by atoms with Gasteiger partial charge in [0.25, 0.3) is 10.0 Å². The van der Waals surface area contributed by atoms with E-state index in [9.17, 15) is 13.2 Å². The predicted molar refractivity (Wildman–Crippen MR) is 88.4 cm³/mol. The summed E-state index contributed by atoms with van der Waals surface area (Å²) in [5.41, 5.74) is 2.97. The minimum Gasteiger partial charge on any atom is -0.443 e. The monoisotopic (exact) mass is 343 g/mol. The van der Waals surface area contributed by atoms with Crippen molar-refractivity contribution < 1.29 is 17.6 Å². The highest BCUT2D eigenvalue weighted by Gasteiger charge is 2.26. The molecule has 24 heavy (non-hydrogen) atoms. The number of hydrogen-bond acceptors (Lipinski definition) is 5. The molecule has 7 nitrogen and oxygen atoms in total. The summed E-state index contributed by atoms with van der Waals surface area (Å²) in [5, 5.41) is 0. The molecule has 8 heteroatoms. The van der Waals surface area contributed by atoms with Gasteiger partial charge in [0.1, 0.15) is 5.52 Å². The zero-order chi connectivity index (χ0) is 16.9. The molecule has 0 radical (unpaired) electrons. The zero-order valence-corrected chi connectivity index (χ0v) is 13.5. The summed E-state index contributed by atoms with van der Waals surface area (Å²) in [6, 6.07) is 9.54. The lowest BCUT2D eigenvalue weighted by Gasteiger charge is -2.12. The third-order valence-electron chi connectivity index (χ3n) is 4.02. The van der Waals surface area contributed by atoms with Crippen LogP contribution in [-0.2, 0) is 21.2 Å². The van der Waals surface area contributed by atoms with E-state index < -0.39 is 10.0 Å². The largest absolute Gasteiger partial charge is 0.443 e. The Kier molecular flexibility index (Phi) is 3.10. The summed E-state index contributed by atoms with van der Waals surface area (Å²) >= 11 is 0. The molecular weight excluding hydrogens is 330 g/mol. The Labute approximate surface area is 138 Å². The summed E-state index contributed by atoms with van der Waals surface area (Å²) in [5.74, 6) is -0.0525. The average Bonchev–Trinajstić information content (AvgIpc) is 3.11. The van der Waals surface area contributed by atoms with Gasteiger partial charge >= 0.3 is 0 Å². The molecule has 0 unspecified atom stereocenters. The number of benzene rings is 2. The second-order valence-corrected chi connectivity index (χ2v) is 7.24. The topological polar surface area (TPSA) is 92.5 Å². The smallest absolute Gasteiger partial charge is 0.261 e. The molecule has 0 saturated carbocycles. The number of anilines is 2. The second kappa shape index (κ2) is 5.07. The summed E-state index contributed by atoms with van der Waals surface area (Å²) in [4.78, 5) is 17.4. The molecular formula is C16H13N3O4S. The van der Waals surface area contributed by atoms with Gasteiger partial charge in [-0.1, -0.05) is 0 Å². The Bertz CT molecular complexity index is 1070. The fourth-order valence-electron chi connectivity index (χ4n) is 2.75. The molecule has 2 heterocycles. The van der Waals surface area contributed by atoms with Crippen molar-refractivity contribution >= 4 is 38.4 Å². The van der Waals surface area contributed by atoms with E-state index in [-0.39, 0.29) is 17.2 Å². The fraction of sp³-hybridized carbons (Fsp3) is 0.125. The van der Waals surface area contributed by atoms with Crippen LogP contribution in [0.15, 0.2) is 52.1 Å². The van der Waals surface area contributed by atoms with Crippen LogP contribution in [0.25, 0.3) is 11.1 Å². The number of fused-ring (bicyclic) bond motifs is 2. The first-order chi connectivity index (χ1) is 11.4. The van der Waals surface area contributed by atoms with Gasteiger partial charge in [-0.05, 0) is 35.9 Å². The molecule has 1 aromatic heterocycles. The van der Waals surface area contributed by atoms with Gasteiger partial charge in [-0.2, -0.15) is 0 Å². The predicted octanol–water partition coefficient (Wildman–Crippen LogP) is 2.15. The first-order valence-electron chi connectivity index (χ1n) is 7.19. The van der Waals surface area contributed by atoms with Crippen LogP contribution in [0.2, 0.25) is 0 Å². The third kappa shape index (κ3) is 2.31. The van der Waals surface area contributed by atoms with Crippen LogP contribution in [0.5, 0.6) is 0 Å². The molecule has 0 bridgehead atoms. The van der Waals surface area contributed by atoms with E-state index in [1.54, 1.807) is 31.3 Å². The van der Waals surface area contributed by atoms with Gasteiger partial charge in [-0.15, -0.1) is 0 Å². The number of aromatic nitrogens is 1. The summed E-state index contributed by atoms with van der Waals surface area (Å²) in [7, 11) is -2.09. The van der Waals surface area contributed by atoms with Crippen molar-refractivity contribution in [2.75, 3.05) is 16.7 Å². The van der Waals surface area contributed by atoms with Gasteiger partial charge in [-0.25, -0.2) is 13.4 Å². The number of nitrogens with one attached hydrogen (secondary N) is 1. The lowest BCUT2D eigenvalue weighted by Crippen LogP contribution is -2.20. The molecule has 0 atom stereocenters. The number of carbonyl (C=O) groups is 1. The summed E-state index contributed by atoms with van der Waals surface area (Å²) < 4.78 is 32.9. The van der Waals surface area contributed by atoms with Crippen LogP contribution in [-0.4, -0.2) is 26.4 Å². The van der Waals surface area contributed by atoms with Gasteiger partial charge < -0.3 is 9.32 Å². The zero-order valence-electron chi connectivity index (χ0n) is 12.7. The number of nitrogens with zero attached hydrogens (tertiary/aromatic N) is 2. The quantitative estimate of drug-likeness (QED) is 0.786. The Hall–Kier alpha value is -2.87. The van der Waals surface area contributed by atoms with E-state index in [2.05, 4.69) is 9.71 Å². The van der Waals surface area contributed by atoms with E-state index in [1.165, 1.54) is 23.4 Å². The van der Waals surface area contributed by atoms with Crippen LogP contribution in [0, 0.1) is 0 Å². The number of amides is 1. The van der Waals surface area contributed by atoms with Crippen LogP contribution in [0.3, 0.4) is 0 Å². The molecule has 1 aliphatic heterocycles. The normalized spacial score (nSPS) is 14.2. The first-order valence-corrected chi connectivity index (χ1v) is 8.68. The van der Waals surface area contributed by atoms with Crippen molar-refractivity contribution in [2.24, 2.45) is 0 Å². The SMILES string of the molecule is CN1C(=O)Cc2cc(S(=O)(=O)Nc3ccc4ncoc4c3)ccc21. The number of oxazole rings is 1. The molecule has 1 amide bonds. The van der Waals surface area contributed by atoms with Crippen LogP contribution in [0.4, 0.5) is 11.4 Å². The number of rotatable bonds is 3. The Morgan fingerprint density at radius 3 is 2.88 bits per heavy atom. The maximum Gasteiger partial charge on any atom is 0.261 e. The number of likely N-dealkylation sites (N-methyl/N-ethyl adjacent to an activating group) is 1. The van der Waals surface area contributed by atoms with Crippen molar-refractivity contribution in [3.63, 3.8) is 0 Å². The van der Waals surface area contributed by atoms with Crippen LogP contribution in [0.1, 0.15) is 5.56 Å². The van der Waals surface area contributed by atoms with E-state index in [1.807, 2.05) is 0 Å². The van der Waals surface area contributed by atoms with Crippen molar-refractivity contribution in [3.05, 3.63) is 48.4 Å². The average molecular weight is 343 g/mol. The maximum atomic E-state index is 12.6. The van der Waals surface area contributed by atoms with Gasteiger partial charge in [0, 0.05) is 18.8 Å². The first kappa shape index (κ1) is 14.7. The minimum atomic E-state index is -3.76. The summed E-state index contributed by atoms with van der Waals surface area (Å²) in [6.45, 7) is 0. The Morgan fingerprint density at radius 2 is 2.04 bits per heavy atom. The highest BCUT2D eigenvalue weighted by molar-refractivity contribution is 7.92. The molecule has 4 rings (SSSR count). The van der Waals surface area contributed by atoms with Crippen molar-refractivity contribution in [1.82, 2.24) is 4.98 Å². The van der Waals surface area contributed by atoms with Gasteiger partial charge in [0.05, 0.1) is 17.0 Å². The standard InChI is InChI=1S/C16H13N3O4S/c1-19-14-5-3-12(6-10(14)7-16(19)20)24(21,22)18-11-2-4-13-15(8-11)23-9-17-13/h2-6,8-9,18H,7H2,1H3. The highest BCUT2D eigenvalue weighted by Crippen LogP contribution is 2.30. The molecule has 0 saturated heterocycles. The second-order valence-electron chi connectivity index (χ2n) is 5.56. The molecule has 0 spiro atoms. The number of hydrogen-bond donors (Lipinski definition) is 1. The minimum absolute atomic E-state index is 0.0525. The molecule has 0 aliphatic carbocycles. The molecule has 2 aromatic carbocycles. The molecule has 3 aromatic rings. The van der Waals surface area contributed by atoms with Crippen LogP contribution < -0.4 is 9.62 Å². The molecule has 122 valence electrons. The van der Waals surface area contributed by atoms with E-state index in [0.717, 1.165) is 5.69 Å². The highest BCUT2D eigenvalue weighted by atomic mass is 32.2. The lowest BCUT2D eigenvalue weighted by atomic mass is 10.2. The summed E-state index contributed by atoms with van der Waals surface area (Å²) in [6.07, 6.45) is 1.51. The van der Waals surface area contributed by atoms with Gasteiger partial charge in [-0.3, -0.25) is 9.52 Å². The van der Waals surface area contributed by atoms with Crippen molar-refractivity contribution in [2.45, 2.75) is 11.3 Å². The lowest BCUT2D eigenvalue weighted by molar-refractivity contribution is -0.117. The number of carbonyl (C=O) groups excluding carboxylic acids is 1. The van der Waals surface area contributed by atoms with Crippen LogP contribution >= 0.6 is 0 Å². The van der Waals surface area contributed by atoms with Crippen molar-refractivity contribution in [1.29, 1.82) is 0 Å². The Balaban J connectivity index is 1.68. The third-order valence-corrected chi connectivity index (χ3v) is 5.40. The van der Waals surface area contributed by atoms with Gasteiger partial charge in [0.15, 0.2) is 12.0 Å². The van der Waals surface area contributed by atoms with E-state index in [4.69, 9.17) is 4.42 Å².